The van der Waals surface area contributed by atoms with E-state index in [4.69, 9.17) is 5.73 Å². The van der Waals surface area contributed by atoms with E-state index in [1.807, 2.05) is 0 Å². The lowest BCUT2D eigenvalue weighted by atomic mass is 10.1. The molecule has 1 fully saturated rings. The topological polar surface area (TPSA) is 60.0 Å². The zero-order valence-corrected chi connectivity index (χ0v) is 9.26. The van der Waals surface area contributed by atoms with E-state index in [2.05, 4.69) is 26.6 Å². The molecule has 1 aromatic heterocycles. The molecule has 1 atom stereocenters. The molecule has 0 aromatic carbocycles. The first-order valence-electron chi connectivity index (χ1n) is 5.62. The Balaban J connectivity index is 1.92. The predicted molar refractivity (Wildman–Crippen MR) is 58.1 cm³/mol. The van der Waals surface area contributed by atoms with E-state index >= 15 is 0 Å². The van der Waals surface area contributed by atoms with E-state index < -0.39 is 0 Å². The highest BCUT2D eigenvalue weighted by Crippen LogP contribution is 2.16. The molecule has 0 saturated carbocycles. The molecule has 84 valence electrons. The van der Waals surface area contributed by atoms with Crippen LogP contribution in [0.15, 0.2) is 6.33 Å². The summed E-state index contributed by atoms with van der Waals surface area (Å²) in [5, 5.41) is 8.08. The smallest absolute Gasteiger partial charge is 0.146 e. The van der Waals surface area contributed by atoms with Crippen LogP contribution in [0.5, 0.6) is 0 Å². The Morgan fingerprint density at radius 1 is 1.60 bits per heavy atom. The van der Waals surface area contributed by atoms with Crippen molar-refractivity contribution in [2.24, 2.45) is 11.7 Å². The maximum absolute atomic E-state index is 5.67. The Morgan fingerprint density at radius 3 is 3.13 bits per heavy atom. The molecule has 0 radical (unpaired) electrons. The van der Waals surface area contributed by atoms with E-state index in [-0.39, 0.29) is 0 Å². The number of aromatic nitrogens is 3. The summed E-state index contributed by atoms with van der Waals surface area (Å²) >= 11 is 0. The highest BCUT2D eigenvalue weighted by Gasteiger charge is 2.22. The Morgan fingerprint density at radius 2 is 2.47 bits per heavy atom. The molecule has 5 nitrogen and oxygen atoms in total. The Labute approximate surface area is 90.3 Å². The largest absolute Gasteiger partial charge is 0.330 e. The van der Waals surface area contributed by atoms with Crippen LogP contribution in [0.2, 0.25) is 0 Å². The molecule has 1 aliphatic rings. The number of rotatable bonds is 4. The van der Waals surface area contributed by atoms with E-state index in [0.29, 0.717) is 5.92 Å². The van der Waals surface area contributed by atoms with E-state index in [0.717, 1.165) is 38.5 Å². The third-order valence-corrected chi connectivity index (χ3v) is 3.10. The molecule has 2 heterocycles. The molecule has 0 aliphatic carbocycles. The van der Waals surface area contributed by atoms with Crippen LogP contribution in [0, 0.1) is 5.92 Å². The van der Waals surface area contributed by atoms with Crippen LogP contribution in [0.3, 0.4) is 0 Å². The van der Waals surface area contributed by atoms with Crippen molar-refractivity contribution in [1.82, 2.24) is 19.7 Å². The maximum Gasteiger partial charge on any atom is 0.146 e. The van der Waals surface area contributed by atoms with Gasteiger partial charge in [-0.3, -0.25) is 4.90 Å². The molecule has 1 saturated heterocycles. The number of likely N-dealkylation sites (tertiary alicyclic amines) is 1. The van der Waals surface area contributed by atoms with Crippen LogP contribution in [0.4, 0.5) is 0 Å². The van der Waals surface area contributed by atoms with Gasteiger partial charge in [0.2, 0.25) is 0 Å². The fourth-order valence-electron chi connectivity index (χ4n) is 2.11. The normalized spacial score (nSPS) is 22.4. The fraction of sp³-hybridized carbons (Fsp3) is 0.800. The lowest BCUT2D eigenvalue weighted by molar-refractivity contribution is 0.304. The molecular weight excluding hydrogens is 190 g/mol. The Bertz CT molecular complexity index is 309. The lowest BCUT2D eigenvalue weighted by Gasteiger charge is -2.15. The van der Waals surface area contributed by atoms with Gasteiger partial charge in [0, 0.05) is 13.1 Å². The Hall–Kier alpha value is -0.940. The minimum absolute atomic E-state index is 0.669. The summed E-state index contributed by atoms with van der Waals surface area (Å²) in [5.74, 6) is 1.73. The van der Waals surface area contributed by atoms with Crippen LogP contribution in [-0.2, 0) is 13.1 Å². The summed E-state index contributed by atoms with van der Waals surface area (Å²) in [4.78, 5) is 2.41. The monoisotopic (exact) mass is 209 g/mol. The van der Waals surface area contributed by atoms with E-state index in [9.17, 15) is 0 Å². The average Bonchev–Trinajstić information content (AvgIpc) is 2.87. The molecule has 15 heavy (non-hydrogen) atoms. The molecule has 1 unspecified atom stereocenters. The summed E-state index contributed by atoms with van der Waals surface area (Å²) in [6, 6.07) is 0. The predicted octanol–water partition coefficient (Wildman–Crippen LogP) is 0.0786. The van der Waals surface area contributed by atoms with Crippen molar-refractivity contribution < 1.29 is 0 Å². The second-order valence-corrected chi connectivity index (χ2v) is 4.16. The van der Waals surface area contributed by atoms with Gasteiger partial charge in [-0.05, 0) is 32.4 Å². The van der Waals surface area contributed by atoms with Crippen LogP contribution in [0.25, 0.3) is 0 Å². The fourth-order valence-corrected chi connectivity index (χ4v) is 2.11. The van der Waals surface area contributed by atoms with Gasteiger partial charge < -0.3 is 10.3 Å². The summed E-state index contributed by atoms with van der Waals surface area (Å²) in [5.41, 5.74) is 5.67. The van der Waals surface area contributed by atoms with Crippen LogP contribution in [0.1, 0.15) is 19.2 Å². The number of nitrogens with zero attached hydrogens (tertiary/aromatic N) is 4. The first-order chi connectivity index (χ1) is 7.33. The van der Waals surface area contributed by atoms with Gasteiger partial charge in [0.1, 0.15) is 12.2 Å². The van der Waals surface area contributed by atoms with Crippen molar-refractivity contribution in [2.45, 2.75) is 26.4 Å². The molecule has 0 bridgehead atoms. The SMILES string of the molecule is CCn1cnnc1CN1CCC(CN)C1. The quantitative estimate of drug-likeness (QED) is 0.763. The molecule has 2 rings (SSSR count). The molecule has 5 heteroatoms. The molecular formula is C10H19N5. The zero-order valence-electron chi connectivity index (χ0n) is 9.26. The molecule has 1 aliphatic heterocycles. The summed E-state index contributed by atoms with van der Waals surface area (Å²) < 4.78 is 2.09. The first-order valence-corrected chi connectivity index (χ1v) is 5.62. The van der Waals surface area contributed by atoms with Crippen LogP contribution in [-0.4, -0.2) is 39.3 Å². The van der Waals surface area contributed by atoms with Crippen molar-refractivity contribution in [3.05, 3.63) is 12.2 Å². The van der Waals surface area contributed by atoms with Gasteiger partial charge in [-0.15, -0.1) is 10.2 Å². The summed E-state index contributed by atoms with van der Waals surface area (Å²) in [6.45, 7) is 7.00. The number of hydrogen-bond donors (Lipinski definition) is 1. The van der Waals surface area contributed by atoms with Gasteiger partial charge in [-0.2, -0.15) is 0 Å². The molecule has 0 amide bonds. The first kappa shape index (κ1) is 10.6. The average molecular weight is 209 g/mol. The lowest BCUT2D eigenvalue weighted by Crippen LogP contribution is -2.24. The number of hydrogen-bond acceptors (Lipinski definition) is 4. The van der Waals surface area contributed by atoms with Gasteiger partial charge in [-0.1, -0.05) is 0 Å². The van der Waals surface area contributed by atoms with Gasteiger partial charge >= 0.3 is 0 Å². The van der Waals surface area contributed by atoms with Gasteiger partial charge in [-0.25, -0.2) is 0 Å². The van der Waals surface area contributed by atoms with Gasteiger partial charge in [0.05, 0.1) is 6.54 Å². The summed E-state index contributed by atoms with van der Waals surface area (Å²) in [6.07, 6.45) is 3.02. The third kappa shape index (κ3) is 2.35. The molecule has 2 N–H and O–H groups in total. The van der Waals surface area contributed by atoms with Crippen molar-refractivity contribution in [2.75, 3.05) is 19.6 Å². The standard InChI is InChI=1S/C10H19N5/c1-2-15-8-12-13-10(15)7-14-4-3-9(5-11)6-14/h8-9H,2-7,11H2,1H3. The van der Waals surface area contributed by atoms with E-state index in [1.165, 1.54) is 6.42 Å². The van der Waals surface area contributed by atoms with Crippen molar-refractivity contribution in [1.29, 1.82) is 0 Å². The van der Waals surface area contributed by atoms with Gasteiger partial charge in [0.25, 0.3) is 0 Å². The maximum atomic E-state index is 5.67. The minimum Gasteiger partial charge on any atom is -0.330 e. The Kier molecular flexibility index (Phi) is 3.33. The number of nitrogens with two attached hydrogens (primary N) is 1. The minimum atomic E-state index is 0.669. The molecule has 1 aromatic rings. The van der Waals surface area contributed by atoms with E-state index in [1.54, 1.807) is 6.33 Å². The third-order valence-electron chi connectivity index (χ3n) is 3.10. The molecule has 0 spiro atoms. The second kappa shape index (κ2) is 4.72. The van der Waals surface area contributed by atoms with Crippen molar-refractivity contribution >= 4 is 0 Å². The van der Waals surface area contributed by atoms with Crippen LogP contribution < -0.4 is 5.73 Å². The second-order valence-electron chi connectivity index (χ2n) is 4.16. The summed E-state index contributed by atoms with van der Waals surface area (Å²) in [7, 11) is 0. The highest BCUT2D eigenvalue weighted by atomic mass is 15.3. The van der Waals surface area contributed by atoms with Crippen molar-refractivity contribution in [3.8, 4) is 0 Å². The van der Waals surface area contributed by atoms with Crippen LogP contribution >= 0.6 is 0 Å². The number of aryl methyl sites for hydroxylation is 1. The zero-order chi connectivity index (χ0) is 10.7. The van der Waals surface area contributed by atoms with Gasteiger partial charge in [0.15, 0.2) is 0 Å². The van der Waals surface area contributed by atoms with Crippen molar-refractivity contribution in [3.63, 3.8) is 0 Å². The highest BCUT2D eigenvalue weighted by molar-refractivity contribution is 4.88.